The van der Waals surface area contributed by atoms with Crippen LogP contribution in [0.15, 0.2) is 0 Å². The molecule has 90 valence electrons. The first-order chi connectivity index (χ1) is 6.68. The monoisotopic (exact) mass is 324 g/mol. The van der Waals surface area contributed by atoms with E-state index in [4.69, 9.17) is 0 Å². The van der Waals surface area contributed by atoms with Gasteiger partial charge in [-0.3, -0.25) is 4.90 Å². The van der Waals surface area contributed by atoms with Gasteiger partial charge >= 0.3 is 0 Å². The molecule has 0 bridgehead atoms. The van der Waals surface area contributed by atoms with E-state index in [1.807, 2.05) is 0 Å². The van der Waals surface area contributed by atoms with Crippen LogP contribution < -0.4 is 5.32 Å². The SMILES string of the molecule is CC(C)(I)NC1CCN(C(C)(C)C)CC1. The minimum Gasteiger partial charge on any atom is -0.301 e. The Morgan fingerprint density at radius 3 is 1.87 bits per heavy atom. The van der Waals surface area contributed by atoms with Crippen LogP contribution in [0.1, 0.15) is 47.5 Å². The summed E-state index contributed by atoms with van der Waals surface area (Å²) in [7, 11) is 0. The third-order valence-corrected chi connectivity index (χ3v) is 3.30. The summed E-state index contributed by atoms with van der Waals surface area (Å²) < 4.78 is 0.229. The lowest BCUT2D eigenvalue weighted by atomic mass is 9.98. The largest absolute Gasteiger partial charge is 0.301 e. The molecule has 1 fully saturated rings. The minimum atomic E-state index is 0.229. The van der Waals surface area contributed by atoms with E-state index in [9.17, 15) is 0 Å². The first-order valence-corrected chi connectivity index (χ1v) is 6.98. The van der Waals surface area contributed by atoms with Gasteiger partial charge in [-0.05, 0) is 47.5 Å². The zero-order chi connectivity index (χ0) is 11.7. The maximum Gasteiger partial charge on any atom is 0.0650 e. The third-order valence-electron chi connectivity index (χ3n) is 2.99. The van der Waals surface area contributed by atoms with Crippen molar-refractivity contribution in [3.63, 3.8) is 0 Å². The van der Waals surface area contributed by atoms with Gasteiger partial charge in [0.05, 0.1) is 3.55 Å². The molecule has 1 saturated heterocycles. The molecule has 0 unspecified atom stereocenters. The maximum absolute atomic E-state index is 3.69. The Labute approximate surface area is 108 Å². The van der Waals surface area contributed by atoms with Gasteiger partial charge in [0.15, 0.2) is 0 Å². The summed E-state index contributed by atoms with van der Waals surface area (Å²) in [5, 5.41) is 3.69. The summed E-state index contributed by atoms with van der Waals surface area (Å²) in [6.45, 7) is 13.9. The van der Waals surface area contributed by atoms with Gasteiger partial charge in [-0.2, -0.15) is 0 Å². The first-order valence-electron chi connectivity index (χ1n) is 5.90. The van der Waals surface area contributed by atoms with Crippen molar-refractivity contribution < 1.29 is 0 Å². The van der Waals surface area contributed by atoms with Crippen LogP contribution in [0, 0.1) is 0 Å². The molecule has 0 spiro atoms. The molecule has 0 saturated carbocycles. The molecule has 0 amide bonds. The predicted octanol–water partition coefficient (Wildman–Crippen LogP) is 3.01. The topological polar surface area (TPSA) is 15.3 Å². The zero-order valence-electron chi connectivity index (χ0n) is 10.7. The van der Waals surface area contributed by atoms with Crippen molar-refractivity contribution >= 4 is 22.6 Å². The summed E-state index contributed by atoms with van der Waals surface area (Å²) in [6.07, 6.45) is 2.56. The molecule has 3 heteroatoms. The van der Waals surface area contributed by atoms with E-state index >= 15 is 0 Å². The van der Waals surface area contributed by atoms with Crippen LogP contribution in [0.5, 0.6) is 0 Å². The lowest BCUT2D eigenvalue weighted by Gasteiger charge is -2.42. The van der Waals surface area contributed by atoms with Gasteiger partial charge in [0, 0.05) is 24.7 Å². The van der Waals surface area contributed by atoms with Crippen molar-refractivity contribution in [2.75, 3.05) is 13.1 Å². The summed E-state index contributed by atoms with van der Waals surface area (Å²) in [5.74, 6) is 0. The molecule has 1 rings (SSSR count). The molecular formula is C12H25IN2. The third kappa shape index (κ3) is 5.00. The van der Waals surface area contributed by atoms with Gasteiger partial charge in [-0.15, -0.1) is 0 Å². The van der Waals surface area contributed by atoms with E-state index in [1.165, 1.54) is 25.9 Å². The number of nitrogens with one attached hydrogen (secondary N) is 1. The number of hydrogen-bond donors (Lipinski definition) is 1. The standard InChI is InChI=1S/C12H25IN2/c1-11(2,3)15-8-6-10(7-9-15)14-12(4,5)13/h10,14H,6-9H2,1-5H3. The van der Waals surface area contributed by atoms with E-state index in [0.29, 0.717) is 11.6 Å². The summed E-state index contributed by atoms with van der Waals surface area (Å²) in [4.78, 5) is 2.59. The van der Waals surface area contributed by atoms with E-state index in [2.05, 4.69) is 67.4 Å². The van der Waals surface area contributed by atoms with Crippen LogP contribution in [-0.4, -0.2) is 33.1 Å². The molecule has 0 atom stereocenters. The second kappa shape index (κ2) is 4.88. The number of nitrogens with zero attached hydrogens (tertiary/aromatic N) is 1. The fourth-order valence-electron chi connectivity index (χ4n) is 2.18. The van der Waals surface area contributed by atoms with Crippen LogP contribution in [0.2, 0.25) is 0 Å². The number of halogens is 1. The highest BCUT2D eigenvalue weighted by Gasteiger charge is 2.28. The smallest absolute Gasteiger partial charge is 0.0650 e. The lowest BCUT2D eigenvalue weighted by Crippen LogP contribution is -2.52. The van der Waals surface area contributed by atoms with E-state index < -0.39 is 0 Å². The second-order valence-electron chi connectivity index (χ2n) is 6.05. The van der Waals surface area contributed by atoms with Crippen molar-refractivity contribution in [3.8, 4) is 0 Å². The van der Waals surface area contributed by atoms with Gasteiger partial charge in [0.2, 0.25) is 0 Å². The Hall–Kier alpha value is 0.650. The Morgan fingerprint density at radius 1 is 1.07 bits per heavy atom. The van der Waals surface area contributed by atoms with Crippen LogP contribution in [0.4, 0.5) is 0 Å². The van der Waals surface area contributed by atoms with Gasteiger partial charge in [0.1, 0.15) is 0 Å². The fraction of sp³-hybridized carbons (Fsp3) is 1.00. The molecule has 1 heterocycles. The normalized spacial score (nSPS) is 22.0. The second-order valence-corrected chi connectivity index (χ2v) is 8.75. The number of hydrogen-bond acceptors (Lipinski definition) is 2. The van der Waals surface area contributed by atoms with Gasteiger partial charge in [0.25, 0.3) is 0 Å². The first kappa shape index (κ1) is 13.7. The highest BCUT2D eigenvalue weighted by molar-refractivity contribution is 14.1. The van der Waals surface area contributed by atoms with Crippen molar-refractivity contribution in [2.24, 2.45) is 0 Å². The van der Waals surface area contributed by atoms with Gasteiger partial charge < -0.3 is 5.32 Å². The molecule has 0 aliphatic carbocycles. The molecule has 1 N–H and O–H groups in total. The molecular weight excluding hydrogens is 299 g/mol. The number of piperidine rings is 1. The van der Waals surface area contributed by atoms with Crippen LogP contribution in [0.25, 0.3) is 0 Å². The molecule has 1 aliphatic heterocycles. The van der Waals surface area contributed by atoms with Crippen molar-refractivity contribution in [1.82, 2.24) is 10.2 Å². The van der Waals surface area contributed by atoms with Crippen LogP contribution in [-0.2, 0) is 0 Å². The van der Waals surface area contributed by atoms with Crippen LogP contribution >= 0.6 is 22.6 Å². The van der Waals surface area contributed by atoms with E-state index in [0.717, 1.165) is 0 Å². The Kier molecular flexibility index (Phi) is 4.46. The summed E-state index contributed by atoms with van der Waals surface area (Å²) >= 11 is 2.48. The summed E-state index contributed by atoms with van der Waals surface area (Å²) in [5.41, 5.74) is 0.338. The van der Waals surface area contributed by atoms with E-state index in [-0.39, 0.29) is 3.55 Å². The van der Waals surface area contributed by atoms with Gasteiger partial charge in [-0.1, -0.05) is 22.6 Å². The Morgan fingerprint density at radius 2 is 1.53 bits per heavy atom. The average molecular weight is 324 g/mol. The maximum atomic E-state index is 3.69. The van der Waals surface area contributed by atoms with Gasteiger partial charge in [-0.25, -0.2) is 0 Å². The molecule has 2 nitrogen and oxygen atoms in total. The lowest BCUT2D eigenvalue weighted by molar-refractivity contribution is 0.0942. The highest BCUT2D eigenvalue weighted by atomic mass is 127. The zero-order valence-corrected chi connectivity index (χ0v) is 12.9. The van der Waals surface area contributed by atoms with Crippen molar-refractivity contribution in [3.05, 3.63) is 0 Å². The number of likely N-dealkylation sites (tertiary alicyclic amines) is 1. The quantitative estimate of drug-likeness (QED) is 0.477. The minimum absolute atomic E-state index is 0.229. The average Bonchev–Trinajstić information content (AvgIpc) is 2.00. The Bertz CT molecular complexity index is 195. The summed E-state index contributed by atoms with van der Waals surface area (Å²) in [6, 6.07) is 0.704. The molecule has 0 aromatic heterocycles. The van der Waals surface area contributed by atoms with Crippen LogP contribution in [0.3, 0.4) is 0 Å². The molecule has 15 heavy (non-hydrogen) atoms. The number of rotatable bonds is 2. The molecule has 0 aromatic carbocycles. The molecule has 0 aromatic rings. The number of alkyl halides is 1. The Balaban J connectivity index is 2.37. The predicted molar refractivity (Wildman–Crippen MR) is 75.6 cm³/mol. The highest BCUT2D eigenvalue weighted by Crippen LogP contribution is 2.22. The molecule has 1 aliphatic rings. The molecule has 0 radical (unpaired) electrons. The van der Waals surface area contributed by atoms with Crippen molar-refractivity contribution in [2.45, 2.75) is 62.6 Å². The van der Waals surface area contributed by atoms with Crippen molar-refractivity contribution in [1.29, 1.82) is 0 Å². The fourth-order valence-corrected chi connectivity index (χ4v) is 2.62. The van der Waals surface area contributed by atoms with E-state index in [1.54, 1.807) is 0 Å².